The molecule has 0 bridgehead atoms. The van der Waals surface area contributed by atoms with Crippen LogP contribution in [0.2, 0.25) is 0 Å². The largest absolute Gasteiger partial charge is 0.469 e. The zero-order chi connectivity index (χ0) is 13.8. The van der Waals surface area contributed by atoms with Crippen LogP contribution < -0.4 is 0 Å². The fourth-order valence-electron chi connectivity index (χ4n) is 2.63. The molecule has 102 valence electrons. The molecule has 1 aromatic carbocycles. The molecule has 0 saturated heterocycles. The van der Waals surface area contributed by atoms with E-state index in [1.54, 1.807) is 6.26 Å². The zero-order valence-electron chi connectivity index (χ0n) is 11.9. The molecule has 0 radical (unpaired) electrons. The Labute approximate surface area is 115 Å². The first-order valence-corrected chi connectivity index (χ1v) is 6.83. The lowest BCUT2D eigenvalue weighted by molar-refractivity contribution is 0.162. The van der Waals surface area contributed by atoms with Gasteiger partial charge in [-0.15, -0.1) is 0 Å². The van der Waals surface area contributed by atoms with Crippen molar-refractivity contribution < 1.29 is 9.52 Å². The highest BCUT2D eigenvalue weighted by atomic mass is 16.3. The topological polar surface area (TPSA) is 33.4 Å². The lowest BCUT2D eigenvalue weighted by Gasteiger charge is -2.15. The number of hydrogen-bond donors (Lipinski definition) is 1. The summed E-state index contributed by atoms with van der Waals surface area (Å²) in [7, 11) is 0. The van der Waals surface area contributed by atoms with Crippen molar-refractivity contribution in [1.29, 1.82) is 0 Å². The van der Waals surface area contributed by atoms with E-state index in [1.165, 1.54) is 22.3 Å². The highest BCUT2D eigenvalue weighted by Crippen LogP contribution is 2.19. The second-order valence-electron chi connectivity index (χ2n) is 5.35. The Hall–Kier alpha value is -1.54. The molecular formula is C17H22O2. The second-order valence-corrected chi connectivity index (χ2v) is 5.35. The summed E-state index contributed by atoms with van der Waals surface area (Å²) in [5.74, 6) is 0.941. The Morgan fingerprint density at radius 2 is 1.84 bits per heavy atom. The molecule has 0 spiro atoms. The monoisotopic (exact) mass is 258 g/mol. The van der Waals surface area contributed by atoms with Crippen LogP contribution in [0.4, 0.5) is 0 Å². The van der Waals surface area contributed by atoms with Crippen molar-refractivity contribution in [3.05, 3.63) is 58.5 Å². The lowest BCUT2D eigenvalue weighted by atomic mass is 9.94. The minimum atomic E-state index is -0.315. The van der Waals surface area contributed by atoms with E-state index < -0.39 is 0 Å². The van der Waals surface area contributed by atoms with Crippen molar-refractivity contribution in [1.82, 2.24) is 0 Å². The van der Waals surface area contributed by atoms with Crippen molar-refractivity contribution in [3.8, 4) is 0 Å². The van der Waals surface area contributed by atoms with Gasteiger partial charge in [-0.1, -0.05) is 17.7 Å². The molecule has 2 rings (SSSR count). The van der Waals surface area contributed by atoms with E-state index in [-0.39, 0.29) is 6.10 Å². The predicted octanol–water partition coefficient (Wildman–Crippen LogP) is 3.74. The average Bonchev–Trinajstić information content (AvgIpc) is 2.84. The summed E-state index contributed by atoms with van der Waals surface area (Å²) < 4.78 is 5.29. The fraction of sp³-hybridized carbons (Fsp3) is 0.412. The molecule has 1 heterocycles. The van der Waals surface area contributed by atoms with Crippen molar-refractivity contribution >= 4 is 0 Å². The third kappa shape index (κ3) is 3.71. The Kier molecular flexibility index (Phi) is 4.43. The van der Waals surface area contributed by atoms with Crippen LogP contribution in [0.1, 0.15) is 34.4 Å². The number of rotatable bonds is 5. The van der Waals surface area contributed by atoms with Crippen molar-refractivity contribution in [2.24, 2.45) is 0 Å². The molecule has 0 aliphatic heterocycles. The maximum absolute atomic E-state index is 10.2. The number of hydrogen-bond acceptors (Lipinski definition) is 2. The van der Waals surface area contributed by atoms with Gasteiger partial charge in [0.15, 0.2) is 0 Å². The van der Waals surface area contributed by atoms with Gasteiger partial charge >= 0.3 is 0 Å². The van der Waals surface area contributed by atoms with Gasteiger partial charge in [0.1, 0.15) is 5.76 Å². The predicted molar refractivity (Wildman–Crippen MR) is 77.4 cm³/mol. The minimum Gasteiger partial charge on any atom is -0.469 e. The summed E-state index contributed by atoms with van der Waals surface area (Å²) >= 11 is 0. The van der Waals surface area contributed by atoms with Gasteiger partial charge in [-0.2, -0.15) is 0 Å². The highest BCUT2D eigenvalue weighted by Gasteiger charge is 2.11. The molecule has 1 N–H and O–H groups in total. The van der Waals surface area contributed by atoms with Crippen molar-refractivity contribution in [3.63, 3.8) is 0 Å². The number of aliphatic hydroxyl groups excluding tert-OH is 1. The van der Waals surface area contributed by atoms with Gasteiger partial charge in [0.2, 0.25) is 0 Å². The molecule has 2 aromatic rings. The molecule has 1 atom stereocenters. The molecule has 0 aliphatic rings. The third-order valence-electron chi connectivity index (χ3n) is 3.58. The maximum atomic E-state index is 10.2. The molecule has 2 nitrogen and oxygen atoms in total. The van der Waals surface area contributed by atoms with Crippen molar-refractivity contribution in [2.45, 2.75) is 46.1 Å². The quantitative estimate of drug-likeness (QED) is 0.886. The number of aliphatic hydroxyl groups is 1. The van der Waals surface area contributed by atoms with E-state index in [9.17, 15) is 5.11 Å². The van der Waals surface area contributed by atoms with Crippen molar-refractivity contribution in [2.75, 3.05) is 0 Å². The molecule has 0 saturated carbocycles. The third-order valence-corrected chi connectivity index (χ3v) is 3.58. The van der Waals surface area contributed by atoms with Crippen LogP contribution >= 0.6 is 0 Å². The minimum absolute atomic E-state index is 0.315. The highest BCUT2D eigenvalue weighted by molar-refractivity contribution is 5.37. The van der Waals surface area contributed by atoms with Crippen LogP contribution in [0.25, 0.3) is 0 Å². The SMILES string of the molecule is Cc1cc(C)c(CC(O)CCc2ccco2)c(C)c1. The Bertz CT molecular complexity index is 503. The van der Waals surface area contributed by atoms with Gasteiger partial charge in [0, 0.05) is 6.42 Å². The Balaban J connectivity index is 1.97. The maximum Gasteiger partial charge on any atom is 0.103 e. The van der Waals surface area contributed by atoms with E-state index in [2.05, 4.69) is 32.9 Å². The summed E-state index contributed by atoms with van der Waals surface area (Å²) in [5, 5.41) is 10.2. The molecule has 0 aliphatic carbocycles. The lowest BCUT2D eigenvalue weighted by Crippen LogP contribution is -2.13. The summed E-state index contributed by atoms with van der Waals surface area (Å²) in [4.78, 5) is 0. The normalized spacial score (nSPS) is 12.6. The smallest absolute Gasteiger partial charge is 0.103 e. The summed E-state index contributed by atoms with van der Waals surface area (Å²) in [6.07, 6.45) is 3.61. The standard InChI is InChI=1S/C17H22O2/c1-12-9-13(2)17(14(3)10-12)11-15(18)6-7-16-5-4-8-19-16/h4-5,8-10,15,18H,6-7,11H2,1-3H3. The summed E-state index contributed by atoms with van der Waals surface area (Å²) in [6.45, 7) is 6.35. The molecule has 0 fully saturated rings. The van der Waals surface area contributed by atoms with Crippen LogP contribution in [-0.4, -0.2) is 11.2 Å². The van der Waals surface area contributed by atoms with E-state index in [1.807, 2.05) is 12.1 Å². The van der Waals surface area contributed by atoms with Gasteiger partial charge in [0.05, 0.1) is 12.4 Å². The number of aryl methyl sites for hydroxylation is 4. The van der Waals surface area contributed by atoms with Gasteiger partial charge in [-0.3, -0.25) is 0 Å². The van der Waals surface area contributed by atoms with E-state index in [0.29, 0.717) is 0 Å². The van der Waals surface area contributed by atoms with Gasteiger partial charge in [0.25, 0.3) is 0 Å². The van der Waals surface area contributed by atoms with Gasteiger partial charge in [-0.05, 0) is 62.4 Å². The first kappa shape index (κ1) is 13.9. The van der Waals surface area contributed by atoms with Crippen LogP contribution in [0.15, 0.2) is 34.9 Å². The Morgan fingerprint density at radius 1 is 1.16 bits per heavy atom. The van der Waals surface area contributed by atoms with E-state index in [0.717, 1.165) is 25.0 Å². The van der Waals surface area contributed by atoms with Crippen LogP contribution in [-0.2, 0) is 12.8 Å². The number of furan rings is 1. The molecule has 1 aromatic heterocycles. The van der Waals surface area contributed by atoms with E-state index >= 15 is 0 Å². The van der Waals surface area contributed by atoms with Crippen LogP contribution in [0, 0.1) is 20.8 Å². The van der Waals surface area contributed by atoms with Gasteiger partial charge in [-0.25, -0.2) is 0 Å². The first-order valence-electron chi connectivity index (χ1n) is 6.83. The van der Waals surface area contributed by atoms with Crippen LogP contribution in [0.3, 0.4) is 0 Å². The molecule has 0 amide bonds. The molecule has 1 unspecified atom stereocenters. The zero-order valence-corrected chi connectivity index (χ0v) is 11.9. The fourth-order valence-corrected chi connectivity index (χ4v) is 2.63. The summed E-state index contributed by atoms with van der Waals surface area (Å²) in [5.41, 5.74) is 5.10. The summed E-state index contributed by atoms with van der Waals surface area (Å²) in [6, 6.07) is 8.20. The second kappa shape index (κ2) is 6.07. The van der Waals surface area contributed by atoms with Gasteiger partial charge < -0.3 is 9.52 Å². The van der Waals surface area contributed by atoms with E-state index in [4.69, 9.17) is 4.42 Å². The van der Waals surface area contributed by atoms with Crippen LogP contribution in [0.5, 0.6) is 0 Å². The average molecular weight is 258 g/mol. The molecule has 19 heavy (non-hydrogen) atoms. The Morgan fingerprint density at radius 3 is 2.42 bits per heavy atom. The number of benzene rings is 1. The first-order chi connectivity index (χ1) is 9.06. The molecule has 2 heteroatoms. The molecular weight excluding hydrogens is 236 g/mol.